The van der Waals surface area contributed by atoms with E-state index in [9.17, 15) is 4.21 Å². The van der Waals surface area contributed by atoms with Crippen LogP contribution in [-0.2, 0) is 11.3 Å². The first kappa shape index (κ1) is 12.8. The standard InChI is InChI=1S/C10H15NO4S/c1-3-14-9-6-5-8(11-16(12)13)7-10(9)15-4-2/h5-7,11H,3-4H2,1-2H3,(H,12,13). The van der Waals surface area contributed by atoms with Crippen molar-refractivity contribution < 1.29 is 18.2 Å². The molecular formula is C10H15NO4S. The van der Waals surface area contributed by atoms with Crippen LogP contribution < -0.4 is 14.2 Å². The average molecular weight is 245 g/mol. The number of rotatable bonds is 6. The summed E-state index contributed by atoms with van der Waals surface area (Å²) in [5, 5.41) is 0. The van der Waals surface area contributed by atoms with Crippen LogP contribution in [0.4, 0.5) is 5.69 Å². The van der Waals surface area contributed by atoms with Crippen molar-refractivity contribution >= 4 is 17.0 Å². The summed E-state index contributed by atoms with van der Waals surface area (Å²) in [4.78, 5) is 0. The first-order valence-electron chi connectivity index (χ1n) is 4.94. The summed E-state index contributed by atoms with van der Waals surface area (Å²) in [6, 6.07) is 4.98. The van der Waals surface area contributed by atoms with Crippen LogP contribution in [-0.4, -0.2) is 22.0 Å². The molecule has 0 amide bonds. The Morgan fingerprint density at radius 1 is 1.25 bits per heavy atom. The van der Waals surface area contributed by atoms with E-state index in [0.29, 0.717) is 30.4 Å². The number of anilines is 1. The van der Waals surface area contributed by atoms with E-state index in [1.165, 1.54) is 0 Å². The lowest BCUT2D eigenvalue weighted by molar-refractivity contribution is 0.288. The Morgan fingerprint density at radius 3 is 2.44 bits per heavy atom. The Labute approximate surface area is 97.2 Å². The molecule has 0 spiro atoms. The number of nitrogens with one attached hydrogen (secondary N) is 1. The van der Waals surface area contributed by atoms with Gasteiger partial charge in [-0.2, -0.15) is 0 Å². The molecule has 0 bridgehead atoms. The van der Waals surface area contributed by atoms with Gasteiger partial charge >= 0.3 is 0 Å². The van der Waals surface area contributed by atoms with Gasteiger partial charge in [-0.05, 0) is 26.0 Å². The molecule has 0 aromatic heterocycles. The normalized spacial score (nSPS) is 11.9. The molecule has 1 unspecified atom stereocenters. The lowest BCUT2D eigenvalue weighted by Gasteiger charge is -2.12. The number of benzene rings is 1. The molecule has 0 radical (unpaired) electrons. The Morgan fingerprint density at radius 2 is 1.88 bits per heavy atom. The average Bonchev–Trinajstić information content (AvgIpc) is 2.21. The summed E-state index contributed by atoms with van der Waals surface area (Å²) in [5.74, 6) is 1.18. The summed E-state index contributed by atoms with van der Waals surface area (Å²) in [6.07, 6.45) is 0. The maximum absolute atomic E-state index is 10.6. The zero-order valence-corrected chi connectivity index (χ0v) is 10.0. The molecule has 0 aliphatic heterocycles. The molecule has 16 heavy (non-hydrogen) atoms. The van der Waals surface area contributed by atoms with Crippen molar-refractivity contribution in [3.63, 3.8) is 0 Å². The van der Waals surface area contributed by atoms with Gasteiger partial charge in [-0.15, -0.1) is 0 Å². The van der Waals surface area contributed by atoms with Crippen molar-refractivity contribution in [1.82, 2.24) is 0 Å². The van der Waals surface area contributed by atoms with Crippen molar-refractivity contribution in [2.24, 2.45) is 0 Å². The van der Waals surface area contributed by atoms with E-state index in [1.807, 2.05) is 13.8 Å². The zero-order valence-electron chi connectivity index (χ0n) is 9.23. The van der Waals surface area contributed by atoms with Crippen molar-refractivity contribution in [1.29, 1.82) is 0 Å². The predicted molar refractivity (Wildman–Crippen MR) is 63.2 cm³/mol. The maximum atomic E-state index is 10.6. The predicted octanol–water partition coefficient (Wildman–Crippen LogP) is 2.03. The molecule has 0 heterocycles. The van der Waals surface area contributed by atoms with Gasteiger partial charge in [0.25, 0.3) is 11.3 Å². The largest absolute Gasteiger partial charge is 0.490 e. The summed E-state index contributed by atoms with van der Waals surface area (Å²) in [5.41, 5.74) is 0.507. The van der Waals surface area contributed by atoms with Gasteiger partial charge in [0.2, 0.25) is 0 Å². The third-order valence-electron chi connectivity index (χ3n) is 1.75. The number of hydrogen-bond acceptors (Lipinski definition) is 3. The second-order valence-corrected chi connectivity index (χ2v) is 3.58. The highest BCUT2D eigenvalue weighted by Crippen LogP contribution is 2.30. The molecule has 5 nitrogen and oxygen atoms in total. The van der Waals surface area contributed by atoms with E-state index in [0.717, 1.165) is 0 Å². The van der Waals surface area contributed by atoms with Crippen LogP contribution in [0, 0.1) is 0 Å². The van der Waals surface area contributed by atoms with E-state index in [1.54, 1.807) is 18.2 Å². The Hall–Kier alpha value is -1.27. The summed E-state index contributed by atoms with van der Waals surface area (Å²) < 4.78 is 32.4. The van der Waals surface area contributed by atoms with E-state index >= 15 is 0 Å². The maximum Gasteiger partial charge on any atom is 0.259 e. The van der Waals surface area contributed by atoms with Crippen LogP contribution in [0.1, 0.15) is 13.8 Å². The van der Waals surface area contributed by atoms with Crippen LogP contribution in [0.5, 0.6) is 11.5 Å². The van der Waals surface area contributed by atoms with Gasteiger partial charge in [0.05, 0.1) is 18.9 Å². The van der Waals surface area contributed by atoms with Gasteiger partial charge < -0.3 is 9.47 Å². The molecule has 2 N–H and O–H groups in total. The molecule has 1 aromatic carbocycles. The fraction of sp³-hybridized carbons (Fsp3) is 0.400. The lowest BCUT2D eigenvalue weighted by atomic mass is 10.3. The summed E-state index contributed by atoms with van der Waals surface area (Å²) >= 11 is -2.09. The summed E-state index contributed by atoms with van der Waals surface area (Å²) in [6.45, 7) is 4.79. The molecule has 1 aromatic rings. The minimum absolute atomic E-state index is 0.506. The van der Waals surface area contributed by atoms with Crippen molar-refractivity contribution in [3.05, 3.63) is 18.2 Å². The van der Waals surface area contributed by atoms with E-state index in [2.05, 4.69) is 4.72 Å². The fourth-order valence-corrected chi connectivity index (χ4v) is 1.54. The fourth-order valence-electron chi connectivity index (χ4n) is 1.22. The highest BCUT2D eigenvalue weighted by Gasteiger charge is 2.06. The SMILES string of the molecule is CCOc1ccc(NS(=O)O)cc1OCC. The molecule has 0 aliphatic rings. The van der Waals surface area contributed by atoms with Crippen LogP contribution in [0.25, 0.3) is 0 Å². The zero-order chi connectivity index (χ0) is 12.0. The number of hydrogen-bond donors (Lipinski definition) is 2. The van der Waals surface area contributed by atoms with Gasteiger partial charge in [0.1, 0.15) is 0 Å². The third kappa shape index (κ3) is 3.71. The molecule has 0 fully saturated rings. The van der Waals surface area contributed by atoms with Crippen molar-refractivity contribution in [2.75, 3.05) is 17.9 Å². The monoisotopic (exact) mass is 245 g/mol. The first-order chi connectivity index (χ1) is 7.67. The molecule has 0 saturated carbocycles. The molecule has 6 heteroatoms. The Balaban J connectivity index is 2.92. The molecule has 0 aliphatic carbocycles. The molecule has 1 atom stereocenters. The van der Waals surface area contributed by atoms with E-state index < -0.39 is 11.3 Å². The van der Waals surface area contributed by atoms with Crippen LogP contribution in [0.2, 0.25) is 0 Å². The van der Waals surface area contributed by atoms with Crippen molar-refractivity contribution in [2.45, 2.75) is 13.8 Å². The molecular weight excluding hydrogens is 230 g/mol. The first-order valence-corrected chi connectivity index (χ1v) is 6.05. The Bertz CT molecular complexity index is 370. The van der Waals surface area contributed by atoms with Gasteiger partial charge in [-0.25, -0.2) is 4.21 Å². The van der Waals surface area contributed by atoms with Crippen molar-refractivity contribution in [3.8, 4) is 11.5 Å². The second kappa shape index (κ2) is 6.34. The molecule has 0 saturated heterocycles. The van der Waals surface area contributed by atoms with Gasteiger partial charge in [-0.1, -0.05) is 0 Å². The quantitative estimate of drug-likeness (QED) is 0.752. The minimum atomic E-state index is -2.09. The van der Waals surface area contributed by atoms with E-state index in [4.69, 9.17) is 14.0 Å². The highest BCUT2D eigenvalue weighted by molar-refractivity contribution is 7.80. The van der Waals surface area contributed by atoms with Crippen LogP contribution in [0.3, 0.4) is 0 Å². The van der Waals surface area contributed by atoms with Gasteiger partial charge in [-0.3, -0.25) is 9.27 Å². The van der Waals surface area contributed by atoms with Crippen LogP contribution >= 0.6 is 0 Å². The van der Waals surface area contributed by atoms with Crippen LogP contribution in [0.15, 0.2) is 18.2 Å². The Kier molecular flexibility index (Phi) is 5.07. The molecule has 1 rings (SSSR count). The smallest absolute Gasteiger partial charge is 0.259 e. The van der Waals surface area contributed by atoms with Gasteiger partial charge in [0.15, 0.2) is 11.5 Å². The topological polar surface area (TPSA) is 67.8 Å². The highest BCUT2D eigenvalue weighted by atomic mass is 32.2. The van der Waals surface area contributed by atoms with Gasteiger partial charge in [0, 0.05) is 6.07 Å². The lowest BCUT2D eigenvalue weighted by Crippen LogP contribution is -2.03. The third-order valence-corrected chi connectivity index (χ3v) is 2.16. The number of ether oxygens (including phenoxy) is 2. The van der Waals surface area contributed by atoms with E-state index in [-0.39, 0.29) is 0 Å². The second-order valence-electron chi connectivity index (χ2n) is 2.88. The minimum Gasteiger partial charge on any atom is -0.490 e. The summed E-state index contributed by atoms with van der Waals surface area (Å²) in [7, 11) is 0. The molecule has 90 valence electrons.